The Kier molecular flexibility index (Phi) is 5.51. The predicted molar refractivity (Wildman–Crippen MR) is 98.2 cm³/mol. The zero-order valence-electron chi connectivity index (χ0n) is 13.7. The fourth-order valence-corrected chi connectivity index (χ4v) is 3.15. The topological polar surface area (TPSA) is 66.5 Å². The summed E-state index contributed by atoms with van der Waals surface area (Å²) < 4.78 is 25.1. The number of nitrogens with one attached hydrogen (secondary N) is 1. The monoisotopic (exact) mass is 366 g/mol. The molecule has 0 aromatic heterocycles. The molecule has 5 nitrogen and oxygen atoms in total. The molecule has 0 aliphatic rings. The van der Waals surface area contributed by atoms with E-state index in [9.17, 15) is 13.2 Å². The highest BCUT2D eigenvalue weighted by molar-refractivity contribution is 7.92. The number of amides is 1. The Bertz CT molecular complexity index is 849. The molecule has 1 N–H and O–H groups in total. The molecule has 2 rings (SSSR count). The maximum Gasteiger partial charge on any atom is 0.245 e. The first-order chi connectivity index (χ1) is 11.2. The summed E-state index contributed by atoms with van der Waals surface area (Å²) in [5.74, 6) is -0.444. The molecule has 2 aromatic rings. The van der Waals surface area contributed by atoms with E-state index in [-0.39, 0.29) is 6.54 Å². The number of nitrogens with zero attached hydrogens (tertiary/aromatic N) is 1. The number of sulfonamides is 1. The smallest absolute Gasteiger partial charge is 0.245 e. The number of rotatable bonds is 5. The lowest BCUT2D eigenvalue weighted by atomic mass is 10.2. The minimum Gasteiger partial charge on any atom is -0.324 e. The highest BCUT2D eigenvalue weighted by Crippen LogP contribution is 2.21. The second-order valence-corrected chi connectivity index (χ2v) is 7.93. The zero-order valence-corrected chi connectivity index (χ0v) is 15.3. The summed E-state index contributed by atoms with van der Waals surface area (Å²) in [6, 6.07) is 12.1. The highest BCUT2D eigenvalue weighted by Gasteiger charge is 2.20. The average molecular weight is 367 g/mol. The van der Waals surface area contributed by atoms with Gasteiger partial charge in [-0.2, -0.15) is 0 Å². The van der Waals surface area contributed by atoms with Crippen molar-refractivity contribution in [2.24, 2.45) is 0 Å². The number of carbonyl (C=O) groups is 1. The molecular weight excluding hydrogens is 348 g/mol. The number of hydrogen-bond donors (Lipinski definition) is 1. The summed E-state index contributed by atoms with van der Waals surface area (Å²) in [6.07, 6.45) is 1.07. The molecule has 0 heterocycles. The summed E-state index contributed by atoms with van der Waals surface area (Å²) >= 11 is 6.03. The Morgan fingerprint density at radius 2 is 1.75 bits per heavy atom. The lowest BCUT2D eigenvalue weighted by Gasteiger charge is -2.22. The van der Waals surface area contributed by atoms with Gasteiger partial charge in [0.2, 0.25) is 15.9 Å². The van der Waals surface area contributed by atoms with Crippen molar-refractivity contribution >= 4 is 38.9 Å². The van der Waals surface area contributed by atoms with Gasteiger partial charge >= 0.3 is 0 Å². The van der Waals surface area contributed by atoms with Crippen LogP contribution < -0.4 is 9.62 Å². The van der Waals surface area contributed by atoms with Crippen LogP contribution in [0, 0.1) is 13.8 Å². The van der Waals surface area contributed by atoms with Gasteiger partial charge in [0.1, 0.15) is 6.54 Å². The van der Waals surface area contributed by atoms with Crippen molar-refractivity contribution in [1.29, 1.82) is 0 Å². The highest BCUT2D eigenvalue weighted by atomic mass is 35.5. The van der Waals surface area contributed by atoms with E-state index in [0.29, 0.717) is 16.4 Å². The van der Waals surface area contributed by atoms with Crippen LogP contribution in [0.5, 0.6) is 0 Å². The number of halogens is 1. The van der Waals surface area contributed by atoms with E-state index < -0.39 is 15.9 Å². The van der Waals surface area contributed by atoms with Gasteiger partial charge < -0.3 is 5.32 Å². The molecule has 24 heavy (non-hydrogen) atoms. The lowest BCUT2D eigenvalue weighted by Crippen LogP contribution is -2.37. The SMILES string of the molecule is Cc1ccc(N(CC(=O)Nc2ccc(C)c(Cl)c2)S(C)(=O)=O)cc1. The van der Waals surface area contributed by atoms with E-state index in [1.165, 1.54) is 0 Å². The predicted octanol–water partition coefficient (Wildman–Crippen LogP) is 3.36. The second-order valence-electron chi connectivity index (χ2n) is 5.62. The molecular formula is C17H19ClN2O3S. The normalized spacial score (nSPS) is 11.2. The molecule has 0 saturated heterocycles. The van der Waals surface area contributed by atoms with Crippen molar-refractivity contribution in [1.82, 2.24) is 0 Å². The average Bonchev–Trinajstić information content (AvgIpc) is 2.49. The molecule has 0 radical (unpaired) electrons. The largest absolute Gasteiger partial charge is 0.324 e. The number of anilines is 2. The van der Waals surface area contributed by atoms with Gasteiger partial charge in [-0.05, 0) is 43.7 Å². The molecule has 0 aliphatic carbocycles. The third kappa shape index (κ3) is 4.72. The van der Waals surface area contributed by atoms with Gasteiger partial charge in [0.15, 0.2) is 0 Å². The number of aryl methyl sites for hydroxylation is 2. The van der Waals surface area contributed by atoms with Crippen molar-refractivity contribution in [2.75, 3.05) is 22.4 Å². The van der Waals surface area contributed by atoms with Gasteiger partial charge in [-0.1, -0.05) is 35.4 Å². The lowest BCUT2D eigenvalue weighted by molar-refractivity contribution is -0.114. The van der Waals surface area contributed by atoms with Gasteiger partial charge in [-0.3, -0.25) is 9.10 Å². The number of hydrogen-bond acceptors (Lipinski definition) is 3. The van der Waals surface area contributed by atoms with Crippen LogP contribution in [-0.2, 0) is 14.8 Å². The van der Waals surface area contributed by atoms with E-state index in [0.717, 1.165) is 21.7 Å². The number of benzene rings is 2. The molecule has 0 aliphatic heterocycles. The van der Waals surface area contributed by atoms with Crippen LogP contribution in [0.2, 0.25) is 5.02 Å². The molecule has 0 saturated carbocycles. The minimum atomic E-state index is -3.59. The van der Waals surface area contributed by atoms with Crippen molar-refractivity contribution in [3.63, 3.8) is 0 Å². The third-order valence-corrected chi connectivity index (χ3v) is 5.01. The van der Waals surface area contributed by atoms with E-state index in [4.69, 9.17) is 11.6 Å². The molecule has 7 heteroatoms. The first-order valence-electron chi connectivity index (χ1n) is 7.27. The number of carbonyl (C=O) groups excluding carboxylic acids is 1. The van der Waals surface area contributed by atoms with Crippen molar-refractivity contribution < 1.29 is 13.2 Å². The molecule has 1 amide bonds. The van der Waals surface area contributed by atoms with Crippen LogP contribution in [-0.4, -0.2) is 27.1 Å². The summed E-state index contributed by atoms with van der Waals surface area (Å²) in [6.45, 7) is 3.45. The Morgan fingerprint density at radius 3 is 2.29 bits per heavy atom. The fourth-order valence-electron chi connectivity index (χ4n) is 2.11. The molecule has 2 aromatic carbocycles. The Hall–Kier alpha value is -2.05. The molecule has 0 bridgehead atoms. The standard InChI is InChI=1S/C17H19ClN2O3S/c1-12-4-8-15(9-5-12)20(24(3,22)23)11-17(21)19-14-7-6-13(2)16(18)10-14/h4-10H,11H2,1-3H3,(H,19,21). The van der Waals surface area contributed by atoms with Crippen LogP contribution in [0.1, 0.15) is 11.1 Å². The molecule has 0 fully saturated rings. The third-order valence-electron chi connectivity index (χ3n) is 3.47. The quantitative estimate of drug-likeness (QED) is 0.882. The first kappa shape index (κ1) is 18.3. The van der Waals surface area contributed by atoms with Crippen LogP contribution in [0.3, 0.4) is 0 Å². The van der Waals surface area contributed by atoms with Gasteiger partial charge in [-0.15, -0.1) is 0 Å². The summed E-state index contributed by atoms with van der Waals surface area (Å²) in [5, 5.41) is 3.20. The Balaban J connectivity index is 2.18. The van der Waals surface area contributed by atoms with Gasteiger partial charge in [0, 0.05) is 10.7 Å². The maximum atomic E-state index is 12.2. The summed E-state index contributed by atoms with van der Waals surface area (Å²) in [5.41, 5.74) is 2.87. The van der Waals surface area contributed by atoms with E-state index >= 15 is 0 Å². The Morgan fingerprint density at radius 1 is 1.12 bits per heavy atom. The molecule has 0 unspecified atom stereocenters. The van der Waals surface area contributed by atoms with Crippen molar-refractivity contribution in [3.05, 3.63) is 58.6 Å². The van der Waals surface area contributed by atoms with Gasteiger partial charge in [-0.25, -0.2) is 8.42 Å². The van der Waals surface area contributed by atoms with E-state index in [1.807, 2.05) is 13.8 Å². The molecule has 0 atom stereocenters. The summed E-state index contributed by atoms with van der Waals surface area (Å²) in [4.78, 5) is 12.2. The van der Waals surface area contributed by atoms with Crippen molar-refractivity contribution in [3.8, 4) is 0 Å². The molecule has 128 valence electrons. The molecule has 0 spiro atoms. The van der Waals surface area contributed by atoms with Crippen LogP contribution >= 0.6 is 11.6 Å². The first-order valence-corrected chi connectivity index (χ1v) is 9.50. The van der Waals surface area contributed by atoms with Gasteiger partial charge in [0.05, 0.1) is 11.9 Å². The fraction of sp³-hybridized carbons (Fsp3) is 0.235. The van der Waals surface area contributed by atoms with Crippen LogP contribution in [0.15, 0.2) is 42.5 Å². The van der Waals surface area contributed by atoms with Crippen molar-refractivity contribution in [2.45, 2.75) is 13.8 Å². The zero-order chi connectivity index (χ0) is 17.9. The van der Waals surface area contributed by atoms with E-state index in [1.54, 1.807) is 42.5 Å². The van der Waals surface area contributed by atoms with Crippen LogP contribution in [0.25, 0.3) is 0 Å². The summed E-state index contributed by atoms with van der Waals surface area (Å²) in [7, 11) is -3.59. The Labute approximate surface area is 147 Å². The maximum absolute atomic E-state index is 12.2. The minimum absolute atomic E-state index is 0.312. The van der Waals surface area contributed by atoms with Gasteiger partial charge in [0.25, 0.3) is 0 Å². The van der Waals surface area contributed by atoms with Crippen LogP contribution in [0.4, 0.5) is 11.4 Å². The second kappa shape index (κ2) is 7.23. The van der Waals surface area contributed by atoms with E-state index in [2.05, 4.69) is 5.32 Å².